The first-order chi connectivity index (χ1) is 10.2. The lowest BCUT2D eigenvalue weighted by molar-refractivity contribution is 0.415. The number of nitrogens with zero attached hydrogens (tertiary/aromatic N) is 1. The van der Waals surface area contributed by atoms with Gasteiger partial charge in [0.05, 0.1) is 18.5 Å². The Labute approximate surface area is 133 Å². The van der Waals surface area contributed by atoms with Gasteiger partial charge in [-0.3, -0.25) is 5.43 Å². The van der Waals surface area contributed by atoms with Gasteiger partial charge < -0.3 is 4.74 Å². The lowest BCUT2D eigenvalue weighted by atomic mass is 10.2. The Hall–Kier alpha value is -2.07. The molecule has 0 saturated carbocycles. The standard InChI is InChI=1S/C17H17BrN2O/c1-13(6-7-14-4-3-5-15(18)12-14)19-20-16-8-10-17(21-2)11-9-16/h3-12,20H,1-2H3/b7-6+,19-13+. The number of nitrogens with one attached hydrogen (secondary N) is 1. The first-order valence-corrected chi connectivity index (χ1v) is 7.34. The summed E-state index contributed by atoms with van der Waals surface area (Å²) in [4.78, 5) is 0. The number of hydrazone groups is 1. The van der Waals surface area contributed by atoms with Crippen molar-refractivity contribution in [1.82, 2.24) is 0 Å². The van der Waals surface area contributed by atoms with Gasteiger partial charge >= 0.3 is 0 Å². The predicted octanol–water partition coefficient (Wildman–Crippen LogP) is 4.96. The summed E-state index contributed by atoms with van der Waals surface area (Å²) in [5.74, 6) is 0.829. The molecule has 0 amide bonds. The van der Waals surface area contributed by atoms with Gasteiger partial charge in [-0.15, -0.1) is 0 Å². The quantitative estimate of drug-likeness (QED) is 0.614. The molecular weight excluding hydrogens is 328 g/mol. The highest BCUT2D eigenvalue weighted by Gasteiger charge is 1.93. The van der Waals surface area contributed by atoms with Gasteiger partial charge in [0.25, 0.3) is 0 Å². The number of methoxy groups -OCH3 is 1. The third kappa shape index (κ3) is 5.08. The second-order valence-corrected chi connectivity index (χ2v) is 5.40. The van der Waals surface area contributed by atoms with Gasteiger partial charge in [0, 0.05) is 4.47 Å². The molecule has 108 valence electrons. The maximum absolute atomic E-state index is 5.11. The van der Waals surface area contributed by atoms with Crippen LogP contribution in [0.1, 0.15) is 12.5 Å². The van der Waals surface area contributed by atoms with Crippen molar-refractivity contribution in [3.05, 3.63) is 64.6 Å². The highest BCUT2D eigenvalue weighted by molar-refractivity contribution is 9.10. The number of hydrogen-bond donors (Lipinski definition) is 1. The van der Waals surface area contributed by atoms with Gasteiger partial charge in [0.1, 0.15) is 5.75 Å². The number of ether oxygens (including phenoxy) is 1. The fourth-order valence-corrected chi connectivity index (χ4v) is 2.10. The summed E-state index contributed by atoms with van der Waals surface area (Å²) >= 11 is 3.46. The first-order valence-electron chi connectivity index (χ1n) is 6.55. The largest absolute Gasteiger partial charge is 0.497 e. The maximum Gasteiger partial charge on any atom is 0.119 e. The van der Waals surface area contributed by atoms with E-state index < -0.39 is 0 Å². The minimum atomic E-state index is 0.829. The lowest BCUT2D eigenvalue weighted by Crippen LogP contribution is -1.94. The molecule has 1 N–H and O–H groups in total. The van der Waals surface area contributed by atoms with Crippen molar-refractivity contribution in [3.8, 4) is 5.75 Å². The van der Waals surface area contributed by atoms with Gasteiger partial charge in [-0.1, -0.05) is 34.1 Å². The molecule has 2 aromatic carbocycles. The van der Waals surface area contributed by atoms with Crippen LogP contribution in [0.2, 0.25) is 0 Å². The zero-order chi connectivity index (χ0) is 15.1. The Balaban J connectivity index is 1.97. The predicted molar refractivity (Wildman–Crippen MR) is 92.9 cm³/mol. The molecule has 0 fully saturated rings. The van der Waals surface area contributed by atoms with Gasteiger partial charge in [-0.2, -0.15) is 5.10 Å². The molecule has 0 unspecified atom stereocenters. The van der Waals surface area contributed by atoms with Crippen LogP contribution in [0.4, 0.5) is 5.69 Å². The Morgan fingerprint density at radius 2 is 1.95 bits per heavy atom. The van der Waals surface area contributed by atoms with Crippen LogP contribution in [-0.4, -0.2) is 12.8 Å². The minimum Gasteiger partial charge on any atom is -0.497 e. The van der Waals surface area contributed by atoms with Gasteiger partial charge in [-0.05, 0) is 55.0 Å². The molecule has 0 aliphatic rings. The zero-order valence-electron chi connectivity index (χ0n) is 12.0. The molecule has 3 nitrogen and oxygen atoms in total. The van der Waals surface area contributed by atoms with E-state index in [1.807, 2.05) is 61.5 Å². The van der Waals surface area contributed by atoms with E-state index in [2.05, 4.69) is 32.5 Å². The van der Waals surface area contributed by atoms with Crippen molar-refractivity contribution < 1.29 is 4.74 Å². The second kappa shape index (κ2) is 7.64. The molecule has 0 aliphatic carbocycles. The van der Waals surface area contributed by atoms with Crippen molar-refractivity contribution in [2.24, 2.45) is 5.10 Å². The molecule has 0 saturated heterocycles. The average molecular weight is 345 g/mol. The molecule has 0 aromatic heterocycles. The highest BCUT2D eigenvalue weighted by atomic mass is 79.9. The third-order valence-corrected chi connectivity index (χ3v) is 3.31. The van der Waals surface area contributed by atoms with Crippen LogP contribution >= 0.6 is 15.9 Å². The topological polar surface area (TPSA) is 33.6 Å². The highest BCUT2D eigenvalue weighted by Crippen LogP contribution is 2.15. The first kappa shape index (κ1) is 15.3. The van der Waals surface area contributed by atoms with Crippen molar-refractivity contribution in [2.75, 3.05) is 12.5 Å². The van der Waals surface area contributed by atoms with Crippen LogP contribution in [0.3, 0.4) is 0 Å². The molecule has 0 bridgehead atoms. The Morgan fingerprint density at radius 3 is 2.62 bits per heavy atom. The minimum absolute atomic E-state index is 0.829. The van der Waals surface area contributed by atoms with Crippen LogP contribution in [0.25, 0.3) is 6.08 Å². The van der Waals surface area contributed by atoms with Crippen LogP contribution in [-0.2, 0) is 0 Å². The molecule has 0 radical (unpaired) electrons. The number of benzene rings is 2. The number of halogens is 1. The van der Waals surface area contributed by atoms with E-state index in [4.69, 9.17) is 4.74 Å². The molecule has 2 rings (SSSR count). The number of rotatable bonds is 5. The van der Waals surface area contributed by atoms with E-state index in [9.17, 15) is 0 Å². The SMILES string of the molecule is COc1ccc(N/N=C(C)/C=C/c2cccc(Br)c2)cc1. The van der Waals surface area contributed by atoms with E-state index in [0.29, 0.717) is 0 Å². The molecule has 0 heterocycles. The summed E-state index contributed by atoms with van der Waals surface area (Å²) in [7, 11) is 1.65. The molecule has 0 spiro atoms. The van der Waals surface area contributed by atoms with E-state index >= 15 is 0 Å². The number of hydrogen-bond acceptors (Lipinski definition) is 3. The average Bonchev–Trinajstić information content (AvgIpc) is 2.51. The summed E-state index contributed by atoms with van der Waals surface area (Å²) in [6.45, 7) is 1.95. The molecule has 0 atom stereocenters. The molecule has 2 aromatic rings. The Bertz CT molecular complexity index is 648. The molecule has 21 heavy (non-hydrogen) atoms. The second-order valence-electron chi connectivity index (χ2n) is 4.48. The van der Waals surface area contributed by atoms with Crippen molar-refractivity contribution in [2.45, 2.75) is 6.92 Å². The number of anilines is 1. The van der Waals surface area contributed by atoms with Gasteiger partial charge in [-0.25, -0.2) is 0 Å². The molecular formula is C17H17BrN2O. The van der Waals surface area contributed by atoms with Gasteiger partial charge in [0.15, 0.2) is 0 Å². The van der Waals surface area contributed by atoms with Crippen LogP contribution in [0, 0.1) is 0 Å². The lowest BCUT2D eigenvalue weighted by Gasteiger charge is -2.03. The van der Waals surface area contributed by atoms with E-state index in [-0.39, 0.29) is 0 Å². The fraction of sp³-hybridized carbons (Fsp3) is 0.118. The Kier molecular flexibility index (Phi) is 5.58. The smallest absolute Gasteiger partial charge is 0.119 e. The fourth-order valence-electron chi connectivity index (χ4n) is 1.68. The maximum atomic E-state index is 5.11. The van der Waals surface area contributed by atoms with Crippen LogP contribution < -0.4 is 10.2 Å². The summed E-state index contributed by atoms with van der Waals surface area (Å²) in [5.41, 5.74) is 5.96. The van der Waals surface area contributed by atoms with Crippen molar-refractivity contribution in [3.63, 3.8) is 0 Å². The van der Waals surface area contributed by atoms with E-state index in [0.717, 1.165) is 27.2 Å². The monoisotopic (exact) mass is 344 g/mol. The van der Waals surface area contributed by atoms with Crippen LogP contribution in [0.15, 0.2) is 64.2 Å². The van der Waals surface area contributed by atoms with Crippen molar-refractivity contribution in [1.29, 1.82) is 0 Å². The normalized spacial score (nSPS) is 11.7. The van der Waals surface area contributed by atoms with E-state index in [1.165, 1.54) is 0 Å². The number of allylic oxidation sites excluding steroid dienone is 1. The summed E-state index contributed by atoms with van der Waals surface area (Å²) in [5, 5.41) is 4.31. The summed E-state index contributed by atoms with van der Waals surface area (Å²) < 4.78 is 6.18. The summed E-state index contributed by atoms with van der Waals surface area (Å²) in [6.07, 6.45) is 4.00. The van der Waals surface area contributed by atoms with E-state index in [1.54, 1.807) is 7.11 Å². The third-order valence-electron chi connectivity index (χ3n) is 2.82. The molecule has 4 heteroatoms. The summed E-state index contributed by atoms with van der Waals surface area (Å²) in [6, 6.07) is 15.7. The molecule has 0 aliphatic heterocycles. The Morgan fingerprint density at radius 1 is 1.19 bits per heavy atom. The van der Waals surface area contributed by atoms with Gasteiger partial charge in [0.2, 0.25) is 0 Å². The van der Waals surface area contributed by atoms with Crippen LogP contribution in [0.5, 0.6) is 5.75 Å². The van der Waals surface area contributed by atoms with Crippen molar-refractivity contribution >= 4 is 33.4 Å². The zero-order valence-corrected chi connectivity index (χ0v) is 13.6.